The van der Waals surface area contributed by atoms with Crippen LogP contribution in [-0.2, 0) is 4.79 Å². The molecule has 0 saturated carbocycles. The highest BCUT2D eigenvalue weighted by atomic mass is 16.2. The van der Waals surface area contributed by atoms with Crippen molar-refractivity contribution in [3.8, 4) is 0 Å². The topological polar surface area (TPSA) is 55.1 Å². The van der Waals surface area contributed by atoms with Crippen LogP contribution in [0.4, 0.5) is 0 Å². The third kappa shape index (κ3) is 0.980. The Morgan fingerprint density at radius 2 is 2.50 bits per heavy atom. The quantitative estimate of drug-likeness (QED) is 0.441. The number of nitrogens with two attached hydrogens (primary N) is 1. The number of rotatable bonds is 1. The lowest BCUT2D eigenvalue weighted by atomic mass is 10.2. The minimum Gasteiger partial charge on any atom is -0.368 e. The molecule has 0 radical (unpaired) electrons. The van der Waals surface area contributed by atoms with E-state index >= 15 is 0 Å². The Morgan fingerprint density at radius 1 is 1.75 bits per heavy atom. The van der Waals surface area contributed by atoms with Crippen LogP contribution >= 0.6 is 0 Å². The molecule has 1 heterocycles. The van der Waals surface area contributed by atoms with E-state index in [1.165, 1.54) is 0 Å². The Morgan fingerprint density at radius 3 is 2.75 bits per heavy atom. The van der Waals surface area contributed by atoms with Crippen molar-refractivity contribution < 1.29 is 4.79 Å². The van der Waals surface area contributed by atoms with E-state index in [4.69, 9.17) is 5.73 Å². The van der Waals surface area contributed by atoms with Crippen molar-refractivity contribution in [2.45, 2.75) is 18.9 Å². The van der Waals surface area contributed by atoms with Crippen LogP contribution in [0.1, 0.15) is 12.8 Å². The van der Waals surface area contributed by atoms with Gasteiger partial charge in [0.05, 0.1) is 6.04 Å². The van der Waals surface area contributed by atoms with Crippen molar-refractivity contribution in [2.75, 3.05) is 6.54 Å². The van der Waals surface area contributed by atoms with E-state index in [1.807, 2.05) is 0 Å². The van der Waals surface area contributed by atoms with Crippen LogP contribution in [-0.4, -0.2) is 18.5 Å². The average molecular weight is 115 g/mol. The average Bonchev–Trinajstić information content (AvgIpc) is 2.12. The molecule has 1 saturated heterocycles. The zero-order chi connectivity index (χ0) is 5.98. The molecule has 1 aliphatic heterocycles. The molecule has 0 bridgehead atoms. The lowest BCUT2D eigenvalue weighted by Gasteiger charge is -2.01. The second kappa shape index (κ2) is 2.13. The van der Waals surface area contributed by atoms with Crippen molar-refractivity contribution in [1.29, 1.82) is 0 Å². The molecule has 0 spiro atoms. The lowest BCUT2D eigenvalue weighted by molar-refractivity contribution is -0.119. The number of hydrogen-bond donors (Lipinski definition) is 2. The summed E-state index contributed by atoms with van der Waals surface area (Å²) in [5.74, 6) is -0.220. The highest BCUT2D eigenvalue weighted by molar-refractivity contribution is 5.80. The fourth-order valence-corrected chi connectivity index (χ4v) is 0.927. The van der Waals surface area contributed by atoms with Gasteiger partial charge in [-0.25, -0.2) is 0 Å². The molecule has 0 unspecified atom stereocenters. The number of hydrogen-bond acceptors (Lipinski definition) is 2. The molecule has 46 valence electrons. The van der Waals surface area contributed by atoms with E-state index in [0.29, 0.717) is 0 Å². The molecule has 0 aromatic heterocycles. The predicted molar refractivity (Wildman–Crippen MR) is 30.2 cm³/mol. The van der Waals surface area contributed by atoms with Gasteiger partial charge in [-0.3, -0.25) is 4.79 Å². The first-order valence-corrected chi connectivity index (χ1v) is 2.83. The summed E-state index contributed by atoms with van der Waals surface area (Å²) in [4.78, 5) is 10.4. The maximum atomic E-state index is 10.4. The minimum atomic E-state index is -0.220. The van der Waals surface area contributed by atoms with Gasteiger partial charge in [-0.05, 0) is 19.4 Å². The van der Waals surface area contributed by atoms with Gasteiger partial charge < -0.3 is 11.1 Å². The summed E-state index contributed by atoms with van der Waals surface area (Å²) in [6.45, 7) is 0.938. The van der Waals surface area contributed by atoms with E-state index in [2.05, 4.69) is 5.32 Å². The molecule has 3 N–H and O–H groups in total. The Balaban J connectivity index is 2.35. The summed E-state index contributed by atoms with van der Waals surface area (Å²) in [5.41, 5.74) is 5.00. The summed E-state index contributed by atoms with van der Waals surface area (Å²) in [6.07, 6.45) is 1.99. The van der Waals surface area contributed by atoms with E-state index in [9.17, 15) is 4.79 Å². The molecule has 0 aromatic rings. The smallest absolute Gasteiger partial charge is 0.234 e. The first-order chi connectivity index (χ1) is 3.80. The van der Waals surface area contributed by atoms with Gasteiger partial charge >= 0.3 is 0 Å². The van der Waals surface area contributed by atoms with E-state index in [-0.39, 0.29) is 11.9 Å². The molecule has 8 heavy (non-hydrogen) atoms. The van der Waals surface area contributed by atoms with Crippen molar-refractivity contribution in [2.24, 2.45) is 5.73 Å². The van der Waals surface area contributed by atoms with Crippen molar-refractivity contribution in [3.05, 3.63) is 0 Å². The van der Waals surface area contributed by atoms with Crippen LogP contribution in [0.5, 0.6) is 0 Å². The Labute approximate surface area is 48.2 Å². The lowest BCUT2D eigenvalue weighted by Crippen LogP contribution is -2.36. The summed E-state index contributed by atoms with van der Waals surface area (Å²) < 4.78 is 0. The largest absolute Gasteiger partial charge is 0.368 e. The van der Waals surface area contributed by atoms with Gasteiger partial charge in [-0.2, -0.15) is 0 Å². The van der Waals surface area contributed by atoms with Gasteiger partial charge in [0.25, 0.3) is 0 Å². The zero-order valence-corrected chi connectivity index (χ0v) is 4.68. The van der Waals surface area contributed by atoms with Gasteiger partial charge in [0.2, 0.25) is 5.91 Å². The van der Waals surface area contributed by atoms with Crippen molar-refractivity contribution in [1.82, 2.24) is 5.32 Å². The Kier molecular flexibility index (Phi) is 1.48. The van der Waals surface area contributed by atoms with Gasteiger partial charge in [-0.15, -0.1) is 0 Å². The summed E-state index contributed by atoms with van der Waals surface area (Å²) in [6, 6.07) is -0.0463. The molecule has 1 atom stereocenters. The van der Waals surface area contributed by atoms with Crippen LogP contribution < -0.4 is 11.1 Å². The SMILES string of the molecule is NC(=O)[C@@H]1CCC[15NH]1. The third-order valence-corrected chi connectivity index (χ3v) is 1.40. The number of nitrogens with one attached hydrogen (secondary N) is 1. The third-order valence-electron chi connectivity index (χ3n) is 1.40. The Hall–Kier alpha value is -0.570. The van der Waals surface area contributed by atoms with Crippen LogP contribution in [0.15, 0.2) is 0 Å². The van der Waals surface area contributed by atoms with Gasteiger partial charge in [0.1, 0.15) is 0 Å². The second-order valence-electron chi connectivity index (χ2n) is 2.05. The van der Waals surface area contributed by atoms with Crippen LogP contribution in [0.3, 0.4) is 0 Å². The molecule has 0 aliphatic carbocycles. The minimum absolute atomic E-state index is 0.0463. The number of primary amides is 1. The van der Waals surface area contributed by atoms with E-state index in [1.54, 1.807) is 0 Å². The second-order valence-corrected chi connectivity index (χ2v) is 2.05. The normalized spacial score (nSPS) is 28.2. The first-order valence-electron chi connectivity index (χ1n) is 2.83. The molecule has 1 amide bonds. The highest BCUT2D eigenvalue weighted by Crippen LogP contribution is 2.02. The summed E-state index contributed by atoms with van der Waals surface area (Å²) in [5, 5.41) is 2.98. The van der Waals surface area contributed by atoms with Crippen LogP contribution in [0.25, 0.3) is 0 Å². The molecule has 1 aliphatic rings. The van der Waals surface area contributed by atoms with Crippen LogP contribution in [0, 0.1) is 0 Å². The number of amides is 1. The van der Waals surface area contributed by atoms with Gasteiger partial charge in [-0.1, -0.05) is 0 Å². The maximum Gasteiger partial charge on any atom is 0.234 e. The first kappa shape index (κ1) is 5.56. The van der Waals surface area contributed by atoms with Crippen LogP contribution in [0.2, 0.25) is 0 Å². The number of carbonyl (C=O) groups excluding carboxylic acids is 1. The zero-order valence-electron chi connectivity index (χ0n) is 4.68. The fraction of sp³-hybridized carbons (Fsp3) is 0.800. The molecular weight excluding hydrogens is 105 g/mol. The predicted octanol–water partition coefficient (Wildman–Crippen LogP) is -0.776. The maximum absolute atomic E-state index is 10.4. The number of carbonyl (C=O) groups is 1. The van der Waals surface area contributed by atoms with Gasteiger partial charge in [0, 0.05) is 0 Å². The summed E-state index contributed by atoms with van der Waals surface area (Å²) in [7, 11) is 0. The standard InChI is InChI=1S/C5H10N2O/c6-5(8)4-2-1-3-7-4/h4,7H,1-3H2,(H2,6,8)/t4-/m0/s1/i7+1. The highest BCUT2D eigenvalue weighted by Gasteiger charge is 2.18. The molecule has 1 rings (SSSR count). The van der Waals surface area contributed by atoms with Crippen molar-refractivity contribution >= 4 is 5.91 Å². The van der Waals surface area contributed by atoms with E-state index in [0.717, 1.165) is 19.4 Å². The van der Waals surface area contributed by atoms with Crippen molar-refractivity contribution in [3.63, 3.8) is 0 Å². The molecule has 3 nitrogen and oxygen atoms in total. The molecule has 1 fully saturated rings. The summed E-state index contributed by atoms with van der Waals surface area (Å²) >= 11 is 0. The van der Waals surface area contributed by atoms with Gasteiger partial charge in [0.15, 0.2) is 0 Å². The molecular formula is C5H10N2O. The monoisotopic (exact) mass is 115 g/mol. The molecule has 3 heteroatoms. The molecule has 0 aromatic carbocycles. The fourth-order valence-electron chi connectivity index (χ4n) is 0.927. The van der Waals surface area contributed by atoms with E-state index < -0.39 is 0 Å². The Bertz CT molecular complexity index is 96.6.